The van der Waals surface area contributed by atoms with Gasteiger partial charge in [0.2, 0.25) is 0 Å². The number of carbonyl (C=O) groups is 2. The third kappa shape index (κ3) is 5.53. The third-order valence-electron chi connectivity index (χ3n) is 1.21. The van der Waals surface area contributed by atoms with E-state index in [1.807, 2.05) is 0 Å². The van der Waals surface area contributed by atoms with Crippen molar-refractivity contribution in [2.45, 2.75) is 39.4 Å². The number of hydrogen-bond donors (Lipinski definition) is 1. The molecule has 0 heterocycles. The maximum Gasteiger partial charge on any atom is 0.347 e. The largest absolute Gasteiger partial charge is 0.457 e. The minimum atomic E-state index is -0.912. The average molecular weight is 203 g/mol. The highest BCUT2D eigenvalue weighted by molar-refractivity contribution is 5.79. The van der Waals surface area contributed by atoms with Gasteiger partial charge in [0.1, 0.15) is 5.60 Å². The molecule has 1 unspecified atom stereocenters. The average Bonchev–Trinajstić information content (AvgIpc) is 2.00. The van der Waals surface area contributed by atoms with Gasteiger partial charge >= 0.3 is 11.9 Å². The minimum absolute atomic E-state index is 0.243. The first kappa shape index (κ1) is 12.9. The fourth-order valence-corrected chi connectivity index (χ4v) is 0.678. The van der Waals surface area contributed by atoms with Crippen molar-refractivity contribution in [2.24, 2.45) is 5.73 Å². The molecule has 0 saturated carbocycles. The zero-order chi connectivity index (χ0) is 11.4. The van der Waals surface area contributed by atoms with E-state index in [1.165, 1.54) is 6.92 Å². The second-order valence-corrected chi connectivity index (χ2v) is 3.87. The Hall–Kier alpha value is -1.10. The van der Waals surface area contributed by atoms with E-state index >= 15 is 0 Å². The van der Waals surface area contributed by atoms with Crippen LogP contribution < -0.4 is 5.73 Å². The lowest BCUT2D eigenvalue weighted by atomic mass is 10.2. The molecule has 5 nitrogen and oxygen atoms in total. The molecule has 1 atom stereocenters. The summed E-state index contributed by atoms with van der Waals surface area (Å²) in [7, 11) is 0. The lowest BCUT2D eigenvalue weighted by Crippen LogP contribution is -2.34. The molecule has 14 heavy (non-hydrogen) atoms. The first-order valence-corrected chi connectivity index (χ1v) is 4.38. The zero-order valence-electron chi connectivity index (χ0n) is 8.99. The lowest BCUT2D eigenvalue weighted by molar-refractivity contribution is -0.173. The second kappa shape index (κ2) is 4.95. The van der Waals surface area contributed by atoms with Crippen LogP contribution in [0.5, 0.6) is 0 Å². The summed E-state index contributed by atoms with van der Waals surface area (Å²) >= 11 is 0. The van der Waals surface area contributed by atoms with Gasteiger partial charge in [0.25, 0.3) is 0 Å². The van der Waals surface area contributed by atoms with Crippen molar-refractivity contribution in [1.29, 1.82) is 0 Å². The molecule has 0 aliphatic heterocycles. The van der Waals surface area contributed by atoms with Crippen LogP contribution in [0.15, 0.2) is 0 Å². The molecular formula is C9H17NO4. The van der Waals surface area contributed by atoms with Gasteiger partial charge in [-0.3, -0.25) is 4.79 Å². The van der Waals surface area contributed by atoms with E-state index in [1.54, 1.807) is 20.8 Å². The normalized spacial score (nSPS) is 13.2. The van der Waals surface area contributed by atoms with Crippen molar-refractivity contribution in [2.75, 3.05) is 6.54 Å². The highest BCUT2D eigenvalue weighted by Crippen LogP contribution is 2.09. The Kier molecular flexibility index (Phi) is 4.56. The first-order valence-electron chi connectivity index (χ1n) is 4.38. The molecule has 0 aliphatic rings. The van der Waals surface area contributed by atoms with Crippen molar-refractivity contribution in [1.82, 2.24) is 0 Å². The first-order chi connectivity index (χ1) is 6.26. The standard InChI is InChI=1S/C9H17NO4/c1-6(13-7(11)5-10)8(12)14-9(2,3)4/h6H,5,10H2,1-4H3. The highest BCUT2D eigenvalue weighted by Gasteiger charge is 2.23. The van der Waals surface area contributed by atoms with Crippen LogP contribution in [0.2, 0.25) is 0 Å². The Morgan fingerprint density at radius 1 is 1.36 bits per heavy atom. The number of esters is 2. The van der Waals surface area contributed by atoms with E-state index in [0.29, 0.717) is 0 Å². The Balaban J connectivity index is 4.07. The predicted octanol–water partition coefficient (Wildman–Crippen LogP) is 0.218. The van der Waals surface area contributed by atoms with E-state index in [-0.39, 0.29) is 6.54 Å². The molecule has 0 bridgehead atoms. The molecule has 0 saturated heterocycles. The number of hydrogen-bond acceptors (Lipinski definition) is 5. The Morgan fingerprint density at radius 2 is 1.86 bits per heavy atom. The van der Waals surface area contributed by atoms with Gasteiger partial charge in [0.05, 0.1) is 6.54 Å². The number of rotatable bonds is 3. The summed E-state index contributed by atoms with van der Waals surface area (Å²) in [4.78, 5) is 22.0. The molecule has 0 aliphatic carbocycles. The van der Waals surface area contributed by atoms with Crippen molar-refractivity contribution in [3.05, 3.63) is 0 Å². The predicted molar refractivity (Wildman–Crippen MR) is 50.5 cm³/mol. The lowest BCUT2D eigenvalue weighted by Gasteiger charge is -2.22. The van der Waals surface area contributed by atoms with Gasteiger partial charge in [-0.1, -0.05) is 0 Å². The Bertz CT molecular complexity index is 219. The maximum atomic E-state index is 11.3. The molecule has 0 aromatic carbocycles. The molecule has 2 N–H and O–H groups in total. The van der Waals surface area contributed by atoms with E-state index in [2.05, 4.69) is 4.74 Å². The SMILES string of the molecule is CC(OC(=O)CN)C(=O)OC(C)(C)C. The van der Waals surface area contributed by atoms with Gasteiger partial charge in [-0.05, 0) is 27.7 Å². The summed E-state index contributed by atoms with van der Waals surface area (Å²) in [5, 5.41) is 0. The second-order valence-electron chi connectivity index (χ2n) is 3.87. The van der Waals surface area contributed by atoms with Gasteiger partial charge in [-0.2, -0.15) is 0 Å². The number of ether oxygens (including phenoxy) is 2. The van der Waals surface area contributed by atoms with Crippen LogP contribution in [0.4, 0.5) is 0 Å². The summed E-state index contributed by atoms with van der Waals surface area (Å²) in [6, 6.07) is 0. The van der Waals surface area contributed by atoms with E-state index < -0.39 is 23.6 Å². The van der Waals surface area contributed by atoms with E-state index in [4.69, 9.17) is 10.5 Å². The van der Waals surface area contributed by atoms with Gasteiger partial charge in [-0.15, -0.1) is 0 Å². The zero-order valence-corrected chi connectivity index (χ0v) is 8.99. The minimum Gasteiger partial charge on any atom is -0.457 e. The van der Waals surface area contributed by atoms with Crippen LogP contribution in [0.25, 0.3) is 0 Å². The highest BCUT2D eigenvalue weighted by atomic mass is 16.6. The van der Waals surface area contributed by atoms with Crippen molar-refractivity contribution in [3.8, 4) is 0 Å². The fraction of sp³-hybridized carbons (Fsp3) is 0.778. The van der Waals surface area contributed by atoms with Gasteiger partial charge in [0.15, 0.2) is 6.10 Å². The number of carbonyl (C=O) groups excluding carboxylic acids is 2. The maximum absolute atomic E-state index is 11.3. The van der Waals surface area contributed by atoms with Gasteiger partial charge < -0.3 is 15.2 Å². The molecule has 0 aromatic heterocycles. The molecule has 0 fully saturated rings. The quantitative estimate of drug-likeness (QED) is 0.664. The van der Waals surface area contributed by atoms with Gasteiger partial charge in [0, 0.05) is 0 Å². The summed E-state index contributed by atoms with van der Waals surface area (Å²) in [6.07, 6.45) is -0.912. The van der Waals surface area contributed by atoms with Crippen LogP contribution in [0.3, 0.4) is 0 Å². The third-order valence-corrected chi connectivity index (χ3v) is 1.21. The van der Waals surface area contributed by atoms with Crippen LogP contribution in [0, 0.1) is 0 Å². The van der Waals surface area contributed by atoms with Crippen LogP contribution in [0.1, 0.15) is 27.7 Å². The molecule has 0 aromatic rings. The summed E-state index contributed by atoms with van der Waals surface area (Å²) in [5.41, 5.74) is 4.44. The Labute approximate surface area is 83.5 Å². The molecule has 0 amide bonds. The van der Waals surface area contributed by atoms with Crippen molar-refractivity contribution in [3.63, 3.8) is 0 Å². The fourth-order valence-electron chi connectivity index (χ4n) is 0.678. The van der Waals surface area contributed by atoms with Crippen LogP contribution in [-0.4, -0.2) is 30.2 Å². The molecule has 0 spiro atoms. The monoisotopic (exact) mass is 203 g/mol. The van der Waals surface area contributed by atoms with Gasteiger partial charge in [-0.25, -0.2) is 4.79 Å². The summed E-state index contributed by atoms with van der Waals surface area (Å²) < 4.78 is 9.66. The summed E-state index contributed by atoms with van der Waals surface area (Å²) in [5.74, 6) is -1.19. The smallest absolute Gasteiger partial charge is 0.347 e. The van der Waals surface area contributed by atoms with Crippen molar-refractivity contribution >= 4 is 11.9 Å². The molecule has 0 radical (unpaired) electrons. The molecule has 82 valence electrons. The van der Waals surface area contributed by atoms with E-state index in [9.17, 15) is 9.59 Å². The van der Waals surface area contributed by atoms with E-state index in [0.717, 1.165) is 0 Å². The molecule has 0 rings (SSSR count). The molecular weight excluding hydrogens is 186 g/mol. The van der Waals surface area contributed by atoms with Crippen LogP contribution >= 0.6 is 0 Å². The topological polar surface area (TPSA) is 78.6 Å². The Morgan fingerprint density at radius 3 is 2.21 bits per heavy atom. The van der Waals surface area contributed by atoms with Crippen molar-refractivity contribution < 1.29 is 19.1 Å². The number of nitrogens with two attached hydrogens (primary N) is 1. The summed E-state index contributed by atoms with van der Waals surface area (Å²) in [6.45, 7) is 6.42. The van der Waals surface area contributed by atoms with Crippen LogP contribution in [-0.2, 0) is 19.1 Å². The molecule has 5 heteroatoms.